The summed E-state index contributed by atoms with van der Waals surface area (Å²) in [5, 5.41) is 0. The smallest absolute Gasteiger partial charge is 0.0386 e. The summed E-state index contributed by atoms with van der Waals surface area (Å²) in [6, 6.07) is 0. The minimum Gasteiger partial charge on any atom is -0.0654 e. The monoisotopic (exact) mass is 422 g/mol. The Bertz CT molecular complexity index is 397. The van der Waals surface area contributed by atoms with E-state index >= 15 is 0 Å². The molecular weight excluding hydrogens is 360 g/mol. The van der Waals surface area contributed by atoms with Crippen molar-refractivity contribution in [3.05, 3.63) is 0 Å². The Labute approximate surface area is 193 Å². The van der Waals surface area contributed by atoms with Gasteiger partial charge in [-0.3, -0.25) is 0 Å². The molecule has 0 amide bonds. The molecule has 0 aromatic carbocycles. The van der Waals surface area contributed by atoms with E-state index in [2.05, 4.69) is 83.1 Å². The van der Waals surface area contributed by atoms with Crippen LogP contribution in [0.4, 0.5) is 0 Å². The zero-order valence-corrected chi connectivity index (χ0v) is 23.4. The van der Waals surface area contributed by atoms with Crippen molar-refractivity contribution in [2.45, 2.75) is 134 Å². The van der Waals surface area contributed by atoms with Gasteiger partial charge >= 0.3 is 0 Å². The van der Waals surface area contributed by atoms with Crippen LogP contribution in [0.3, 0.4) is 0 Å². The van der Waals surface area contributed by atoms with E-state index in [1.165, 1.54) is 51.4 Å². The third-order valence-electron chi connectivity index (χ3n) is 9.56. The fraction of sp³-hybridized carbons (Fsp3) is 1.00. The molecule has 0 aliphatic heterocycles. The van der Waals surface area contributed by atoms with Crippen LogP contribution in [0.5, 0.6) is 0 Å². The van der Waals surface area contributed by atoms with Gasteiger partial charge in [0.2, 0.25) is 0 Å². The summed E-state index contributed by atoms with van der Waals surface area (Å²) in [5.74, 6) is 8.26. The molecule has 0 aromatic rings. The number of hydrogen-bond donors (Lipinski definition) is 0. The lowest BCUT2D eigenvalue weighted by Gasteiger charge is -2.38. The molecule has 0 aromatic heterocycles. The molecule has 9 atom stereocenters. The van der Waals surface area contributed by atoms with Crippen LogP contribution in [-0.2, 0) is 0 Å². The topological polar surface area (TPSA) is 0 Å². The highest BCUT2D eigenvalue weighted by atomic mass is 14.4. The van der Waals surface area contributed by atoms with Gasteiger partial charge in [0.05, 0.1) is 0 Å². The largest absolute Gasteiger partial charge is 0.0654 e. The van der Waals surface area contributed by atoms with Crippen LogP contribution in [0.1, 0.15) is 134 Å². The molecule has 0 spiro atoms. The van der Waals surface area contributed by atoms with E-state index in [4.69, 9.17) is 0 Å². The highest BCUT2D eigenvalue weighted by Crippen LogP contribution is 2.39. The third kappa shape index (κ3) is 11.0. The molecular formula is C30H62. The summed E-state index contributed by atoms with van der Waals surface area (Å²) in [6.45, 7) is 29.7. The number of hydrogen-bond acceptors (Lipinski definition) is 0. The molecule has 0 heteroatoms. The van der Waals surface area contributed by atoms with Crippen LogP contribution in [0.15, 0.2) is 0 Å². The van der Waals surface area contributed by atoms with Crippen molar-refractivity contribution in [1.82, 2.24) is 0 Å². The zero-order chi connectivity index (χ0) is 23.4. The van der Waals surface area contributed by atoms with Gasteiger partial charge in [0.1, 0.15) is 0 Å². The molecule has 0 bridgehead atoms. The molecule has 0 saturated carbocycles. The molecule has 0 rings (SSSR count). The summed E-state index contributed by atoms with van der Waals surface area (Å²) in [4.78, 5) is 0. The van der Waals surface area contributed by atoms with Gasteiger partial charge in [-0.25, -0.2) is 0 Å². The Hall–Kier alpha value is 0. The number of unbranched alkanes of at least 4 members (excludes halogenated alkanes) is 4. The van der Waals surface area contributed by atoms with Crippen LogP contribution in [0, 0.1) is 59.2 Å². The van der Waals surface area contributed by atoms with Crippen molar-refractivity contribution >= 4 is 0 Å². The maximum absolute atomic E-state index is 2.54. The molecule has 0 aliphatic carbocycles. The third-order valence-corrected chi connectivity index (χ3v) is 9.56. The Morgan fingerprint density at radius 1 is 0.433 bits per heavy atom. The van der Waals surface area contributed by atoms with E-state index in [1.807, 2.05) is 0 Å². The van der Waals surface area contributed by atoms with Crippen molar-refractivity contribution in [1.29, 1.82) is 0 Å². The molecule has 30 heavy (non-hydrogen) atoms. The van der Waals surface area contributed by atoms with Gasteiger partial charge < -0.3 is 0 Å². The van der Waals surface area contributed by atoms with Crippen molar-refractivity contribution in [3.63, 3.8) is 0 Å². The quantitative estimate of drug-likeness (QED) is 0.204. The normalized spacial score (nSPS) is 21.5. The van der Waals surface area contributed by atoms with Crippen LogP contribution in [0.25, 0.3) is 0 Å². The first-order valence-corrected chi connectivity index (χ1v) is 13.9. The standard InChI is InChI=1S/C30H62/c1-13-14-15-16-17-18-22(4)19-23(5)24(6)20-25(7)27(9)29(11)30(12)28(10)26(8)21(2)3/h21-30H,13-20H2,1-12H3. The lowest BCUT2D eigenvalue weighted by atomic mass is 9.67. The SMILES string of the molecule is CCCCCCCC(C)CC(C)C(C)CC(C)C(C)C(C)C(C)C(C)C(C)C(C)C. The fourth-order valence-electron chi connectivity index (χ4n) is 5.68. The lowest BCUT2D eigenvalue weighted by Crippen LogP contribution is -2.31. The Kier molecular flexibility index (Phi) is 15.7. The van der Waals surface area contributed by atoms with Crippen LogP contribution in [-0.4, -0.2) is 0 Å². The Morgan fingerprint density at radius 2 is 0.900 bits per heavy atom. The van der Waals surface area contributed by atoms with E-state index in [0.717, 1.165) is 59.2 Å². The summed E-state index contributed by atoms with van der Waals surface area (Å²) in [7, 11) is 0. The second-order valence-corrected chi connectivity index (χ2v) is 12.3. The van der Waals surface area contributed by atoms with Gasteiger partial charge in [-0.2, -0.15) is 0 Å². The van der Waals surface area contributed by atoms with Gasteiger partial charge in [0.15, 0.2) is 0 Å². The molecule has 0 heterocycles. The number of rotatable bonds is 17. The molecule has 0 aliphatic rings. The van der Waals surface area contributed by atoms with Crippen molar-refractivity contribution in [2.75, 3.05) is 0 Å². The Morgan fingerprint density at radius 3 is 1.43 bits per heavy atom. The molecule has 0 fully saturated rings. The van der Waals surface area contributed by atoms with Crippen molar-refractivity contribution < 1.29 is 0 Å². The second kappa shape index (κ2) is 15.7. The van der Waals surface area contributed by atoms with E-state index in [1.54, 1.807) is 0 Å². The molecule has 0 N–H and O–H groups in total. The van der Waals surface area contributed by atoms with E-state index in [-0.39, 0.29) is 0 Å². The van der Waals surface area contributed by atoms with Gasteiger partial charge in [0.25, 0.3) is 0 Å². The Balaban J connectivity index is 4.49. The zero-order valence-electron chi connectivity index (χ0n) is 23.4. The van der Waals surface area contributed by atoms with Crippen molar-refractivity contribution in [3.8, 4) is 0 Å². The second-order valence-electron chi connectivity index (χ2n) is 12.3. The molecule has 0 radical (unpaired) electrons. The van der Waals surface area contributed by atoms with E-state index < -0.39 is 0 Å². The summed E-state index contributed by atoms with van der Waals surface area (Å²) < 4.78 is 0. The highest BCUT2D eigenvalue weighted by molar-refractivity contribution is 4.80. The van der Waals surface area contributed by atoms with Crippen LogP contribution in [0.2, 0.25) is 0 Å². The maximum Gasteiger partial charge on any atom is -0.0386 e. The summed E-state index contributed by atoms with van der Waals surface area (Å²) in [5.41, 5.74) is 0. The molecule has 182 valence electrons. The first-order valence-electron chi connectivity index (χ1n) is 13.9. The predicted octanol–water partition coefficient (Wildman–Crippen LogP) is 10.5. The highest BCUT2D eigenvalue weighted by Gasteiger charge is 2.31. The average molecular weight is 423 g/mol. The van der Waals surface area contributed by atoms with Gasteiger partial charge in [-0.1, -0.05) is 122 Å². The maximum atomic E-state index is 2.54. The van der Waals surface area contributed by atoms with Crippen molar-refractivity contribution in [2.24, 2.45) is 59.2 Å². The minimum atomic E-state index is 0.789. The van der Waals surface area contributed by atoms with E-state index in [9.17, 15) is 0 Å². The van der Waals surface area contributed by atoms with Crippen LogP contribution >= 0.6 is 0 Å². The minimum absolute atomic E-state index is 0.789. The predicted molar refractivity (Wildman–Crippen MR) is 140 cm³/mol. The molecule has 0 nitrogen and oxygen atoms in total. The fourth-order valence-corrected chi connectivity index (χ4v) is 5.68. The van der Waals surface area contributed by atoms with Gasteiger partial charge in [-0.15, -0.1) is 0 Å². The average Bonchev–Trinajstić information content (AvgIpc) is 2.70. The first kappa shape index (κ1) is 30.0. The lowest BCUT2D eigenvalue weighted by molar-refractivity contribution is 0.110. The van der Waals surface area contributed by atoms with E-state index in [0.29, 0.717) is 0 Å². The molecule has 9 unspecified atom stereocenters. The van der Waals surface area contributed by atoms with Gasteiger partial charge in [-0.05, 0) is 72.0 Å². The summed E-state index contributed by atoms with van der Waals surface area (Å²) >= 11 is 0. The van der Waals surface area contributed by atoms with Gasteiger partial charge in [0, 0.05) is 0 Å². The molecule has 0 saturated heterocycles. The summed E-state index contributed by atoms with van der Waals surface area (Å²) in [6.07, 6.45) is 11.4. The van der Waals surface area contributed by atoms with Crippen LogP contribution < -0.4 is 0 Å². The first-order chi connectivity index (χ1) is 13.9.